The highest BCUT2D eigenvalue weighted by Crippen LogP contribution is 2.20. The molecule has 0 atom stereocenters. The summed E-state index contributed by atoms with van der Waals surface area (Å²) in [7, 11) is 0. The van der Waals surface area contributed by atoms with Crippen molar-refractivity contribution < 1.29 is 9.53 Å². The molecule has 0 unspecified atom stereocenters. The molecule has 128 valence electrons. The molecule has 1 heterocycles. The minimum Gasteiger partial charge on any atom is -0.488 e. The fraction of sp³-hybridized carbons (Fsp3) is 0.278. The number of benzene rings is 2. The molecular weight excluding hydrogens is 392 g/mol. The summed E-state index contributed by atoms with van der Waals surface area (Å²) in [5.41, 5.74) is 1.64. The van der Waals surface area contributed by atoms with Crippen molar-refractivity contribution in [3.05, 3.63) is 64.1 Å². The van der Waals surface area contributed by atoms with Crippen LogP contribution in [0.5, 0.6) is 5.75 Å². The third kappa shape index (κ3) is 4.97. The summed E-state index contributed by atoms with van der Waals surface area (Å²) < 4.78 is 6.88. The number of para-hydroxylation sites is 1. The first-order valence-electron chi connectivity index (χ1n) is 7.67. The summed E-state index contributed by atoms with van der Waals surface area (Å²) >= 11 is 3.41. The number of halogens is 2. The number of hydrogen-bond donors (Lipinski definition) is 2. The van der Waals surface area contributed by atoms with Gasteiger partial charge in [-0.2, -0.15) is 0 Å². The fourth-order valence-electron chi connectivity index (χ4n) is 2.35. The van der Waals surface area contributed by atoms with Gasteiger partial charge in [0.15, 0.2) is 0 Å². The summed E-state index contributed by atoms with van der Waals surface area (Å²) in [6, 6.07) is 15.3. The Morgan fingerprint density at radius 1 is 1.17 bits per heavy atom. The van der Waals surface area contributed by atoms with E-state index in [-0.39, 0.29) is 18.3 Å². The Morgan fingerprint density at radius 2 is 1.88 bits per heavy atom. The van der Waals surface area contributed by atoms with Crippen LogP contribution in [-0.4, -0.2) is 25.5 Å². The average molecular weight is 412 g/mol. The van der Waals surface area contributed by atoms with E-state index in [0.29, 0.717) is 30.4 Å². The Kier molecular flexibility index (Phi) is 7.09. The molecule has 1 fully saturated rings. The van der Waals surface area contributed by atoms with E-state index in [1.165, 1.54) is 0 Å². The van der Waals surface area contributed by atoms with E-state index in [9.17, 15) is 4.79 Å². The molecule has 0 saturated carbocycles. The van der Waals surface area contributed by atoms with Gasteiger partial charge in [-0.25, -0.2) is 0 Å². The van der Waals surface area contributed by atoms with Gasteiger partial charge in [-0.1, -0.05) is 40.2 Å². The maximum atomic E-state index is 12.3. The van der Waals surface area contributed by atoms with Crippen LogP contribution < -0.4 is 15.4 Å². The Hall–Kier alpha value is -1.56. The van der Waals surface area contributed by atoms with Crippen molar-refractivity contribution in [1.29, 1.82) is 0 Å². The van der Waals surface area contributed by atoms with Gasteiger partial charge in [0, 0.05) is 30.0 Å². The predicted molar refractivity (Wildman–Crippen MR) is 101 cm³/mol. The van der Waals surface area contributed by atoms with E-state index in [2.05, 4.69) is 26.6 Å². The second-order valence-electron chi connectivity index (χ2n) is 5.65. The van der Waals surface area contributed by atoms with Crippen molar-refractivity contribution in [2.75, 3.05) is 19.6 Å². The number of rotatable bonds is 6. The standard InChI is InChI=1S/C18H19BrN2O2.ClH/c19-15-7-5-13(6-8-15)12-23-17-4-2-1-3-16(17)18(22)21-11-14-9-20-10-14;/h1-8,14,20H,9-12H2,(H,21,22);1H. The number of nitrogens with one attached hydrogen (secondary N) is 2. The van der Waals surface area contributed by atoms with Crippen LogP contribution in [0, 0.1) is 5.92 Å². The first-order chi connectivity index (χ1) is 11.2. The van der Waals surface area contributed by atoms with Crippen LogP contribution in [0.1, 0.15) is 15.9 Å². The van der Waals surface area contributed by atoms with Gasteiger partial charge in [-0.15, -0.1) is 12.4 Å². The molecule has 3 rings (SSSR count). The normalized spacial score (nSPS) is 13.5. The summed E-state index contributed by atoms with van der Waals surface area (Å²) in [6.07, 6.45) is 0. The van der Waals surface area contributed by atoms with Crippen LogP contribution >= 0.6 is 28.3 Å². The minimum atomic E-state index is -0.0803. The van der Waals surface area contributed by atoms with Gasteiger partial charge in [-0.3, -0.25) is 4.79 Å². The lowest BCUT2D eigenvalue weighted by atomic mass is 10.0. The lowest BCUT2D eigenvalue weighted by Crippen LogP contribution is -2.48. The first kappa shape index (κ1) is 18.8. The number of ether oxygens (including phenoxy) is 1. The summed E-state index contributed by atoms with van der Waals surface area (Å²) in [6.45, 7) is 3.08. The minimum absolute atomic E-state index is 0. The van der Waals surface area contributed by atoms with Crippen LogP contribution in [0.2, 0.25) is 0 Å². The molecule has 1 saturated heterocycles. The molecule has 1 aliphatic rings. The Balaban J connectivity index is 0.00000208. The van der Waals surface area contributed by atoms with Gasteiger partial charge in [-0.05, 0) is 29.8 Å². The second-order valence-corrected chi connectivity index (χ2v) is 6.56. The molecule has 1 aliphatic heterocycles. The van der Waals surface area contributed by atoms with Gasteiger partial charge < -0.3 is 15.4 Å². The summed E-state index contributed by atoms with van der Waals surface area (Å²) in [5.74, 6) is 1.07. The van der Waals surface area contributed by atoms with Crippen LogP contribution in [0.25, 0.3) is 0 Å². The highest BCUT2D eigenvalue weighted by Gasteiger charge is 2.19. The highest BCUT2D eigenvalue weighted by atomic mass is 79.9. The van der Waals surface area contributed by atoms with Crippen molar-refractivity contribution in [2.24, 2.45) is 5.92 Å². The van der Waals surface area contributed by atoms with Crippen molar-refractivity contribution in [3.63, 3.8) is 0 Å². The molecule has 2 aromatic carbocycles. The van der Waals surface area contributed by atoms with Gasteiger partial charge in [0.1, 0.15) is 12.4 Å². The second kappa shape index (κ2) is 9.06. The maximum absolute atomic E-state index is 12.3. The topological polar surface area (TPSA) is 50.4 Å². The SMILES string of the molecule is Cl.O=C(NCC1CNC1)c1ccccc1OCc1ccc(Br)cc1. The molecule has 0 radical (unpaired) electrons. The molecule has 1 amide bonds. The van der Waals surface area contributed by atoms with Crippen molar-refractivity contribution >= 4 is 34.2 Å². The number of carbonyl (C=O) groups is 1. The predicted octanol–water partition coefficient (Wildman–Crippen LogP) is 3.40. The molecule has 4 nitrogen and oxygen atoms in total. The van der Waals surface area contributed by atoms with Gasteiger partial charge in [0.25, 0.3) is 5.91 Å². The first-order valence-corrected chi connectivity index (χ1v) is 8.47. The van der Waals surface area contributed by atoms with Crippen molar-refractivity contribution in [3.8, 4) is 5.75 Å². The number of carbonyl (C=O) groups excluding carboxylic acids is 1. The van der Waals surface area contributed by atoms with E-state index >= 15 is 0 Å². The molecule has 24 heavy (non-hydrogen) atoms. The number of amides is 1. The highest BCUT2D eigenvalue weighted by molar-refractivity contribution is 9.10. The molecular formula is C18H20BrClN2O2. The van der Waals surface area contributed by atoms with E-state index in [0.717, 1.165) is 23.1 Å². The Morgan fingerprint density at radius 3 is 2.54 bits per heavy atom. The molecule has 0 bridgehead atoms. The van der Waals surface area contributed by atoms with Crippen LogP contribution in [0.4, 0.5) is 0 Å². The molecule has 0 aliphatic carbocycles. The zero-order valence-electron chi connectivity index (χ0n) is 13.1. The van der Waals surface area contributed by atoms with E-state index < -0.39 is 0 Å². The van der Waals surface area contributed by atoms with Gasteiger partial charge >= 0.3 is 0 Å². The van der Waals surface area contributed by atoms with E-state index in [1.807, 2.05) is 42.5 Å². The quantitative estimate of drug-likeness (QED) is 0.766. The van der Waals surface area contributed by atoms with E-state index in [4.69, 9.17) is 4.74 Å². The number of hydrogen-bond acceptors (Lipinski definition) is 3. The van der Waals surface area contributed by atoms with Crippen LogP contribution in [-0.2, 0) is 6.61 Å². The molecule has 2 N–H and O–H groups in total. The molecule has 2 aromatic rings. The summed E-state index contributed by atoms with van der Waals surface area (Å²) in [5, 5.41) is 6.18. The average Bonchev–Trinajstić information content (AvgIpc) is 2.53. The Labute approximate surface area is 156 Å². The summed E-state index contributed by atoms with van der Waals surface area (Å²) in [4.78, 5) is 12.3. The van der Waals surface area contributed by atoms with Gasteiger partial charge in [0.2, 0.25) is 0 Å². The monoisotopic (exact) mass is 410 g/mol. The fourth-order valence-corrected chi connectivity index (χ4v) is 2.61. The molecule has 0 aromatic heterocycles. The van der Waals surface area contributed by atoms with Crippen LogP contribution in [0.15, 0.2) is 53.0 Å². The zero-order chi connectivity index (χ0) is 16.1. The lowest BCUT2D eigenvalue weighted by molar-refractivity contribution is 0.0937. The van der Waals surface area contributed by atoms with Crippen molar-refractivity contribution in [1.82, 2.24) is 10.6 Å². The van der Waals surface area contributed by atoms with Gasteiger partial charge in [0.05, 0.1) is 5.56 Å². The third-order valence-electron chi connectivity index (χ3n) is 3.86. The van der Waals surface area contributed by atoms with Crippen molar-refractivity contribution in [2.45, 2.75) is 6.61 Å². The molecule has 0 spiro atoms. The van der Waals surface area contributed by atoms with Crippen LogP contribution in [0.3, 0.4) is 0 Å². The smallest absolute Gasteiger partial charge is 0.255 e. The largest absolute Gasteiger partial charge is 0.488 e. The maximum Gasteiger partial charge on any atom is 0.255 e. The Bertz CT molecular complexity index is 675. The lowest BCUT2D eigenvalue weighted by Gasteiger charge is -2.27. The zero-order valence-corrected chi connectivity index (χ0v) is 15.5. The van der Waals surface area contributed by atoms with E-state index in [1.54, 1.807) is 6.07 Å². The molecule has 6 heteroatoms. The third-order valence-corrected chi connectivity index (χ3v) is 4.39.